The van der Waals surface area contributed by atoms with Crippen molar-refractivity contribution in [2.75, 3.05) is 19.0 Å². The van der Waals surface area contributed by atoms with Gasteiger partial charge < -0.3 is 20.5 Å². The molecule has 7 nitrogen and oxygen atoms in total. The number of carbonyl (C=O) groups is 3. The van der Waals surface area contributed by atoms with Crippen LogP contribution in [0.5, 0.6) is 0 Å². The zero-order chi connectivity index (χ0) is 14.4. The van der Waals surface area contributed by atoms with Crippen molar-refractivity contribution in [1.29, 1.82) is 0 Å². The molecule has 0 saturated carbocycles. The van der Waals surface area contributed by atoms with Crippen molar-refractivity contribution in [3.8, 4) is 0 Å². The molecule has 1 aromatic carbocycles. The van der Waals surface area contributed by atoms with Crippen LogP contribution in [0.1, 0.15) is 10.4 Å². The number of halogens is 1. The molecule has 1 rings (SSSR count). The second kappa shape index (κ2) is 6.60. The van der Waals surface area contributed by atoms with Crippen LogP contribution in [0.2, 0.25) is 5.02 Å². The number of hydrogen-bond donors (Lipinski definition) is 3. The number of carbonyl (C=O) groups excluding carboxylic acids is 2. The molecule has 2 amide bonds. The highest BCUT2D eigenvalue weighted by atomic mass is 35.5. The van der Waals surface area contributed by atoms with Gasteiger partial charge in [0.05, 0.1) is 18.4 Å². The summed E-state index contributed by atoms with van der Waals surface area (Å²) in [5, 5.41) is 13.7. The highest BCUT2D eigenvalue weighted by Crippen LogP contribution is 2.20. The lowest BCUT2D eigenvalue weighted by molar-refractivity contribution is -0.139. The summed E-state index contributed by atoms with van der Waals surface area (Å²) in [5.41, 5.74) is -0.0833. The number of nitrogens with one attached hydrogen (secondary N) is 2. The lowest BCUT2D eigenvalue weighted by Crippen LogP contribution is -2.34. The number of aromatic carboxylic acids is 1. The molecule has 0 radical (unpaired) electrons. The van der Waals surface area contributed by atoms with Crippen LogP contribution < -0.4 is 10.6 Å². The molecule has 0 aliphatic rings. The standard InChI is InChI=1S/C11H11ClN2O5/c1-19-9(15)5-13-11(18)14-8-3-2-6(12)4-7(8)10(16)17/h2-4H,5H2,1H3,(H,16,17)(H2,13,14,18). The third-order valence-electron chi connectivity index (χ3n) is 2.08. The van der Waals surface area contributed by atoms with Crippen molar-refractivity contribution in [2.24, 2.45) is 0 Å². The summed E-state index contributed by atoms with van der Waals surface area (Å²) < 4.78 is 4.34. The zero-order valence-electron chi connectivity index (χ0n) is 9.90. The van der Waals surface area contributed by atoms with Crippen molar-refractivity contribution in [3.05, 3.63) is 28.8 Å². The Balaban J connectivity index is 2.74. The first-order chi connectivity index (χ1) is 8.93. The molecule has 0 aromatic heterocycles. The summed E-state index contributed by atoms with van der Waals surface area (Å²) in [5.74, 6) is -1.85. The fourth-order valence-electron chi connectivity index (χ4n) is 1.19. The summed E-state index contributed by atoms with van der Waals surface area (Å²) in [6.45, 7) is -0.321. The molecule has 0 heterocycles. The van der Waals surface area contributed by atoms with Gasteiger partial charge in [0.15, 0.2) is 0 Å². The summed E-state index contributed by atoms with van der Waals surface area (Å²) in [7, 11) is 1.18. The van der Waals surface area contributed by atoms with E-state index in [0.29, 0.717) is 0 Å². The Morgan fingerprint density at radius 2 is 2.05 bits per heavy atom. The fourth-order valence-corrected chi connectivity index (χ4v) is 1.37. The van der Waals surface area contributed by atoms with E-state index in [-0.39, 0.29) is 22.8 Å². The first-order valence-electron chi connectivity index (χ1n) is 5.08. The van der Waals surface area contributed by atoms with Gasteiger partial charge in [0.2, 0.25) is 0 Å². The number of esters is 1. The summed E-state index contributed by atoms with van der Waals surface area (Å²) in [6.07, 6.45) is 0. The molecule has 1 aromatic rings. The number of carboxylic acids is 1. The van der Waals surface area contributed by atoms with Crippen LogP contribution in [0.3, 0.4) is 0 Å². The number of carboxylic acid groups (broad SMARTS) is 1. The molecule has 0 fully saturated rings. The van der Waals surface area contributed by atoms with Gasteiger partial charge in [-0.05, 0) is 18.2 Å². The van der Waals surface area contributed by atoms with Gasteiger partial charge in [-0.15, -0.1) is 0 Å². The first kappa shape index (κ1) is 14.8. The third-order valence-corrected chi connectivity index (χ3v) is 2.32. The Labute approximate surface area is 113 Å². The predicted octanol–water partition coefficient (Wildman–Crippen LogP) is 1.33. The van der Waals surface area contributed by atoms with Crippen LogP contribution in [0.25, 0.3) is 0 Å². The van der Waals surface area contributed by atoms with Crippen molar-refractivity contribution in [3.63, 3.8) is 0 Å². The van der Waals surface area contributed by atoms with E-state index in [2.05, 4.69) is 15.4 Å². The quantitative estimate of drug-likeness (QED) is 0.724. The van der Waals surface area contributed by atoms with Crippen molar-refractivity contribution in [1.82, 2.24) is 5.32 Å². The van der Waals surface area contributed by atoms with E-state index in [1.54, 1.807) is 0 Å². The van der Waals surface area contributed by atoms with Gasteiger partial charge in [0.1, 0.15) is 6.54 Å². The highest BCUT2D eigenvalue weighted by molar-refractivity contribution is 6.31. The van der Waals surface area contributed by atoms with Gasteiger partial charge in [-0.1, -0.05) is 11.6 Å². The van der Waals surface area contributed by atoms with Gasteiger partial charge >= 0.3 is 18.0 Å². The monoisotopic (exact) mass is 286 g/mol. The van der Waals surface area contributed by atoms with Crippen LogP contribution in [0.4, 0.5) is 10.5 Å². The van der Waals surface area contributed by atoms with E-state index in [1.165, 1.54) is 25.3 Å². The SMILES string of the molecule is COC(=O)CNC(=O)Nc1ccc(Cl)cc1C(=O)O. The van der Waals surface area contributed by atoms with Crippen LogP contribution in [-0.2, 0) is 9.53 Å². The molecule has 8 heteroatoms. The van der Waals surface area contributed by atoms with Gasteiger partial charge in [-0.25, -0.2) is 9.59 Å². The number of urea groups is 1. The maximum Gasteiger partial charge on any atom is 0.337 e. The van der Waals surface area contributed by atoms with Gasteiger partial charge in [0.25, 0.3) is 0 Å². The molecule has 0 bridgehead atoms. The lowest BCUT2D eigenvalue weighted by atomic mass is 10.2. The lowest BCUT2D eigenvalue weighted by Gasteiger charge is -2.09. The maximum atomic E-state index is 11.4. The average Bonchev–Trinajstić information content (AvgIpc) is 2.37. The van der Waals surface area contributed by atoms with E-state index >= 15 is 0 Å². The molecule has 0 spiro atoms. The average molecular weight is 287 g/mol. The first-order valence-corrected chi connectivity index (χ1v) is 5.46. The van der Waals surface area contributed by atoms with Crippen LogP contribution >= 0.6 is 11.6 Å². The fraction of sp³-hybridized carbons (Fsp3) is 0.182. The number of benzene rings is 1. The van der Waals surface area contributed by atoms with Crippen LogP contribution in [0, 0.1) is 0 Å². The Bertz CT molecular complexity index is 518. The van der Waals surface area contributed by atoms with Crippen LogP contribution in [-0.4, -0.2) is 36.7 Å². The van der Waals surface area contributed by atoms with E-state index in [1.807, 2.05) is 0 Å². The summed E-state index contributed by atoms with van der Waals surface area (Å²) in [6, 6.07) is 3.27. The van der Waals surface area contributed by atoms with E-state index in [9.17, 15) is 14.4 Å². The Morgan fingerprint density at radius 1 is 1.37 bits per heavy atom. The second-order valence-corrected chi connectivity index (χ2v) is 3.82. The molecule has 0 saturated heterocycles. The number of hydrogen-bond acceptors (Lipinski definition) is 4. The molecule has 3 N–H and O–H groups in total. The second-order valence-electron chi connectivity index (χ2n) is 3.38. The summed E-state index contributed by atoms with van der Waals surface area (Å²) >= 11 is 5.67. The molecule has 102 valence electrons. The largest absolute Gasteiger partial charge is 0.478 e. The van der Waals surface area contributed by atoms with Gasteiger partial charge in [-0.2, -0.15) is 0 Å². The minimum atomic E-state index is -1.23. The topological polar surface area (TPSA) is 105 Å². The maximum absolute atomic E-state index is 11.4. The smallest absolute Gasteiger partial charge is 0.337 e. The van der Waals surface area contributed by atoms with E-state index in [0.717, 1.165) is 0 Å². The van der Waals surface area contributed by atoms with Crippen molar-refractivity contribution in [2.45, 2.75) is 0 Å². The zero-order valence-corrected chi connectivity index (χ0v) is 10.7. The Kier molecular flexibility index (Phi) is 5.13. The van der Waals surface area contributed by atoms with Crippen molar-refractivity contribution < 1.29 is 24.2 Å². The van der Waals surface area contributed by atoms with Crippen molar-refractivity contribution >= 4 is 35.3 Å². The van der Waals surface area contributed by atoms with E-state index in [4.69, 9.17) is 16.7 Å². The highest BCUT2D eigenvalue weighted by Gasteiger charge is 2.13. The normalized spacial score (nSPS) is 9.58. The number of ether oxygens (including phenoxy) is 1. The van der Waals surface area contributed by atoms with Gasteiger partial charge in [0, 0.05) is 5.02 Å². The molecular weight excluding hydrogens is 276 g/mol. The Hall–Kier alpha value is -2.28. The number of methoxy groups -OCH3 is 1. The molecule has 0 aliphatic heterocycles. The number of rotatable bonds is 4. The number of amides is 2. The molecule has 19 heavy (non-hydrogen) atoms. The van der Waals surface area contributed by atoms with Crippen LogP contribution in [0.15, 0.2) is 18.2 Å². The van der Waals surface area contributed by atoms with Gasteiger partial charge in [-0.3, -0.25) is 4.79 Å². The molecule has 0 unspecified atom stereocenters. The third kappa shape index (κ3) is 4.47. The summed E-state index contributed by atoms with van der Waals surface area (Å²) in [4.78, 5) is 33.2. The van der Waals surface area contributed by atoms with E-state index < -0.39 is 18.0 Å². The molecule has 0 atom stereocenters. The predicted molar refractivity (Wildman–Crippen MR) is 67.4 cm³/mol. The Morgan fingerprint density at radius 3 is 2.63 bits per heavy atom. The molecular formula is C11H11ClN2O5. The number of anilines is 1. The minimum absolute atomic E-state index is 0.0688. The minimum Gasteiger partial charge on any atom is -0.478 e. The molecule has 0 aliphatic carbocycles.